The number of benzene rings is 1. The molecule has 0 saturated heterocycles. The van der Waals surface area contributed by atoms with Gasteiger partial charge < -0.3 is 5.73 Å². The molecule has 0 aliphatic heterocycles. The van der Waals surface area contributed by atoms with Gasteiger partial charge in [0, 0.05) is 17.3 Å². The van der Waals surface area contributed by atoms with E-state index < -0.39 is 5.82 Å². The van der Waals surface area contributed by atoms with Gasteiger partial charge in [0.2, 0.25) is 0 Å². The molecule has 0 saturated carbocycles. The summed E-state index contributed by atoms with van der Waals surface area (Å²) in [6.45, 7) is 3.76. The molecular weight excluding hydrogens is 277 g/mol. The Morgan fingerprint density at radius 3 is 2.70 bits per heavy atom. The van der Waals surface area contributed by atoms with Crippen LogP contribution in [0.1, 0.15) is 22.6 Å². The smallest absolute Gasteiger partial charge is 0.254 e. The molecule has 0 spiro atoms. The molecule has 0 atom stereocenters. The number of thiocarbonyl (C=S) groups is 1. The number of hydrogen-bond donors (Lipinski definition) is 1. The lowest BCUT2D eigenvalue weighted by Gasteiger charge is -2.13. The summed E-state index contributed by atoms with van der Waals surface area (Å²) in [4.78, 5) is 16.3. The summed E-state index contributed by atoms with van der Waals surface area (Å²) in [7, 11) is 0. The summed E-state index contributed by atoms with van der Waals surface area (Å²) in [5, 5.41) is 0. The van der Waals surface area contributed by atoms with Crippen molar-refractivity contribution >= 4 is 17.2 Å². The predicted molar refractivity (Wildman–Crippen MR) is 79.4 cm³/mol. The van der Waals surface area contributed by atoms with Gasteiger partial charge in [-0.25, -0.2) is 9.37 Å². The van der Waals surface area contributed by atoms with Gasteiger partial charge in [-0.1, -0.05) is 18.3 Å². The van der Waals surface area contributed by atoms with Crippen LogP contribution in [-0.4, -0.2) is 14.5 Å². The topological polar surface area (TPSA) is 60.9 Å². The fraction of sp³-hybridized carbons (Fsp3) is 0.214. The molecule has 0 bridgehead atoms. The number of nitrogens with two attached hydrogens (primary N) is 1. The average Bonchev–Trinajstić information content (AvgIpc) is 2.34. The quantitative estimate of drug-likeness (QED) is 0.874. The lowest BCUT2D eigenvalue weighted by Crippen LogP contribution is -2.25. The Balaban J connectivity index is 2.51. The van der Waals surface area contributed by atoms with E-state index in [1.54, 1.807) is 19.9 Å². The third-order valence-electron chi connectivity index (χ3n) is 2.99. The van der Waals surface area contributed by atoms with Gasteiger partial charge in [0.1, 0.15) is 16.6 Å². The fourth-order valence-corrected chi connectivity index (χ4v) is 2.23. The van der Waals surface area contributed by atoms with Crippen molar-refractivity contribution in [2.75, 3.05) is 0 Å². The summed E-state index contributed by atoms with van der Waals surface area (Å²) >= 11 is 4.92. The Morgan fingerprint density at radius 1 is 1.40 bits per heavy atom. The summed E-state index contributed by atoms with van der Waals surface area (Å²) < 4.78 is 14.8. The fourth-order valence-electron chi connectivity index (χ4n) is 2.04. The minimum absolute atomic E-state index is 0.102. The molecule has 2 aromatic rings. The Hall–Kier alpha value is -2.08. The Bertz CT molecular complexity index is 740. The maximum Gasteiger partial charge on any atom is 0.254 e. The predicted octanol–water partition coefficient (Wildman–Crippen LogP) is 1.68. The van der Waals surface area contributed by atoms with E-state index in [2.05, 4.69) is 4.98 Å². The third kappa shape index (κ3) is 2.91. The molecule has 1 aromatic heterocycles. The highest BCUT2D eigenvalue weighted by molar-refractivity contribution is 7.80. The van der Waals surface area contributed by atoms with E-state index in [1.807, 2.05) is 0 Å². The SMILES string of the molecule is Cc1cc(=O)n(Cc2ccc(F)cc2C(N)=S)c(C)n1. The molecule has 1 heterocycles. The monoisotopic (exact) mass is 291 g/mol. The minimum atomic E-state index is -0.414. The number of nitrogens with zero attached hydrogens (tertiary/aromatic N) is 2. The number of rotatable bonds is 3. The van der Waals surface area contributed by atoms with Gasteiger partial charge in [0.05, 0.1) is 6.54 Å². The largest absolute Gasteiger partial charge is 0.389 e. The normalized spacial score (nSPS) is 10.6. The molecule has 0 aliphatic carbocycles. The van der Waals surface area contributed by atoms with Gasteiger partial charge in [0.15, 0.2) is 0 Å². The molecule has 4 nitrogen and oxygen atoms in total. The summed E-state index contributed by atoms with van der Waals surface area (Å²) in [6, 6.07) is 5.63. The standard InChI is InChI=1S/C14H14FN3OS/c1-8-5-13(19)18(9(2)17-8)7-10-3-4-11(15)6-12(10)14(16)20/h3-6H,7H2,1-2H3,(H2,16,20). The molecule has 1 aromatic carbocycles. The van der Waals surface area contributed by atoms with Gasteiger partial charge in [-0.05, 0) is 31.5 Å². The van der Waals surface area contributed by atoms with Crippen LogP contribution < -0.4 is 11.3 Å². The first-order chi connectivity index (χ1) is 9.38. The van der Waals surface area contributed by atoms with Crippen LogP contribution >= 0.6 is 12.2 Å². The maximum absolute atomic E-state index is 13.3. The molecule has 0 unspecified atom stereocenters. The van der Waals surface area contributed by atoms with Crippen molar-refractivity contribution in [3.8, 4) is 0 Å². The number of halogens is 1. The number of aromatic nitrogens is 2. The van der Waals surface area contributed by atoms with E-state index in [0.29, 0.717) is 22.6 Å². The lowest BCUT2D eigenvalue weighted by atomic mass is 10.1. The van der Waals surface area contributed by atoms with Crippen LogP contribution in [0.25, 0.3) is 0 Å². The maximum atomic E-state index is 13.3. The summed E-state index contributed by atoms with van der Waals surface area (Å²) in [6.07, 6.45) is 0. The molecule has 0 aliphatic rings. The van der Waals surface area contributed by atoms with Gasteiger partial charge in [-0.15, -0.1) is 0 Å². The van der Waals surface area contributed by atoms with Crippen LogP contribution in [0.5, 0.6) is 0 Å². The second-order valence-electron chi connectivity index (χ2n) is 4.53. The number of aryl methyl sites for hydroxylation is 2. The van der Waals surface area contributed by atoms with E-state index >= 15 is 0 Å². The first-order valence-corrected chi connectivity index (χ1v) is 6.42. The van der Waals surface area contributed by atoms with Crippen molar-refractivity contribution in [2.24, 2.45) is 5.73 Å². The van der Waals surface area contributed by atoms with E-state index in [1.165, 1.54) is 22.8 Å². The highest BCUT2D eigenvalue weighted by Gasteiger charge is 2.10. The molecule has 2 N–H and O–H groups in total. The zero-order chi connectivity index (χ0) is 14.9. The lowest BCUT2D eigenvalue weighted by molar-refractivity contribution is 0.624. The minimum Gasteiger partial charge on any atom is -0.389 e. The zero-order valence-corrected chi connectivity index (χ0v) is 12.0. The van der Waals surface area contributed by atoms with Gasteiger partial charge in [0.25, 0.3) is 5.56 Å². The van der Waals surface area contributed by atoms with Crippen molar-refractivity contribution in [1.29, 1.82) is 0 Å². The van der Waals surface area contributed by atoms with Crippen LogP contribution in [0.4, 0.5) is 4.39 Å². The molecule has 2 rings (SSSR count). The Kier molecular flexibility index (Phi) is 3.94. The van der Waals surface area contributed by atoms with Crippen molar-refractivity contribution in [1.82, 2.24) is 9.55 Å². The van der Waals surface area contributed by atoms with E-state index in [4.69, 9.17) is 18.0 Å². The molecule has 0 radical (unpaired) electrons. The van der Waals surface area contributed by atoms with Crippen LogP contribution in [0, 0.1) is 19.7 Å². The highest BCUT2D eigenvalue weighted by Crippen LogP contribution is 2.13. The van der Waals surface area contributed by atoms with Crippen molar-refractivity contribution in [3.05, 3.63) is 63.1 Å². The van der Waals surface area contributed by atoms with Gasteiger partial charge in [-0.3, -0.25) is 9.36 Å². The van der Waals surface area contributed by atoms with Crippen molar-refractivity contribution in [3.63, 3.8) is 0 Å². The van der Waals surface area contributed by atoms with Gasteiger partial charge in [-0.2, -0.15) is 0 Å². The van der Waals surface area contributed by atoms with Gasteiger partial charge >= 0.3 is 0 Å². The molecule has 104 valence electrons. The first kappa shape index (κ1) is 14.3. The third-order valence-corrected chi connectivity index (χ3v) is 3.21. The first-order valence-electron chi connectivity index (χ1n) is 6.02. The highest BCUT2D eigenvalue weighted by atomic mass is 32.1. The van der Waals surface area contributed by atoms with E-state index in [9.17, 15) is 9.18 Å². The Morgan fingerprint density at radius 2 is 2.10 bits per heavy atom. The van der Waals surface area contributed by atoms with Crippen molar-refractivity contribution in [2.45, 2.75) is 20.4 Å². The summed E-state index contributed by atoms with van der Waals surface area (Å²) in [5.74, 6) is 0.177. The zero-order valence-electron chi connectivity index (χ0n) is 11.2. The average molecular weight is 291 g/mol. The van der Waals surface area contributed by atoms with Crippen molar-refractivity contribution < 1.29 is 4.39 Å². The van der Waals surface area contributed by atoms with E-state index in [-0.39, 0.29) is 17.1 Å². The van der Waals surface area contributed by atoms with Crippen LogP contribution in [-0.2, 0) is 6.54 Å². The second kappa shape index (κ2) is 5.50. The van der Waals surface area contributed by atoms with E-state index in [0.717, 1.165) is 0 Å². The van der Waals surface area contributed by atoms with Crippen LogP contribution in [0.15, 0.2) is 29.1 Å². The number of hydrogen-bond acceptors (Lipinski definition) is 3. The Labute approximate surface area is 121 Å². The molecule has 0 amide bonds. The van der Waals surface area contributed by atoms with Crippen LogP contribution in [0.3, 0.4) is 0 Å². The van der Waals surface area contributed by atoms with Crippen LogP contribution in [0.2, 0.25) is 0 Å². The molecule has 0 fully saturated rings. The molecule has 20 heavy (non-hydrogen) atoms. The second-order valence-corrected chi connectivity index (χ2v) is 4.97. The summed E-state index contributed by atoms with van der Waals surface area (Å²) in [5.41, 5.74) is 7.23. The molecule has 6 heteroatoms. The molecular formula is C14H14FN3OS.